The van der Waals surface area contributed by atoms with Crippen molar-refractivity contribution in [3.05, 3.63) is 33.7 Å². The van der Waals surface area contributed by atoms with Crippen molar-refractivity contribution in [2.75, 3.05) is 0 Å². The first-order valence-corrected chi connectivity index (χ1v) is 4.42. The topological polar surface area (TPSA) is 87.7 Å². The Bertz CT molecular complexity index is 639. The Balaban J connectivity index is 2.99. The van der Waals surface area contributed by atoms with Crippen molar-refractivity contribution in [2.24, 2.45) is 0 Å². The molecule has 5 nitrogen and oxygen atoms in total. The molecule has 0 aliphatic heterocycles. The minimum atomic E-state index is -0.580. The summed E-state index contributed by atoms with van der Waals surface area (Å²) < 4.78 is 5.17. The molecular weight excluding hydrogens is 212 g/mol. The molecule has 16 heavy (non-hydrogen) atoms. The predicted molar refractivity (Wildman–Crippen MR) is 55.3 cm³/mol. The standard InChI is InChI=1S/C11H7O5/c1-5-7(4-12)11(15)6-2-8(13)9(14)3-10(6)16-5/h2-3,13-14H,1H3. The van der Waals surface area contributed by atoms with Gasteiger partial charge in [-0.05, 0) is 13.0 Å². The molecule has 2 N–H and O–H groups in total. The van der Waals surface area contributed by atoms with E-state index in [-0.39, 0.29) is 22.3 Å². The molecule has 1 aromatic carbocycles. The van der Waals surface area contributed by atoms with E-state index in [0.717, 1.165) is 12.1 Å². The van der Waals surface area contributed by atoms with Crippen LogP contribution in [0.25, 0.3) is 11.0 Å². The van der Waals surface area contributed by atoms with Crippen LogP contribution in [-0.2, 0) is 4.79 Å². The average molecular weight is 219 g/mol. The summed E-state index contributed by atoms with van der Waals surface area (Å²) in [5.74, 6) is -0.712. The maximum atomic E-state index is 11.7. The van der Waals surface area contributed by atoms with Crippen molar-refractivity contribution < 1.29 is 19.4 Å². The third kappa shape index (κ3) is 1.33. The van der Waals surface area contributed by atoms with Crippen LogP contribution in [0.4, 0.5) is 0 Å². The molecule has 0 aliphatic carbocycles. The lowest BCUT2D eigenvalue weighted by molar-refractivity contribution is 0.403. The lowest BCUT2D eigenvalue weighted by Gasteiger charge is -2.03. The van der Waals surface area contributed by atoms with Gasteiger partial charge in [-0.25, -0.2) is 0 Å². The Kier molecular flexibility index (Phi) is 2.16. The maximum absolute atomic E-state index is 11.7. The van der Waals surface area contributed by atoms with Gasteiger partial charge in [0.2, 0.25) is 11.7 Å². The monoisotopic (exact) mass is 219 g/mol. The van der Waals surface area contributed by atoms with Gasteiger partial charge in [-0.2, -0.15) is 0 Å². The number of hydrogen-bond acceptors (Lipinski definition) is 5. The Labute approximate surface area is 89.6 Å². The summed E-state index contributed by atoms with van der Waals surface area (Å²) in [6.07, 6.45) is 1.49. The van der Waals surface area contributed by atoms with Gasteiger partial charge in [-0.15, -0.1) is 0 Å². The van der Waals surface area contributed by atoms with Crippen molar-refractivity contribution in [3.8, 4) is 11.5 Å². The fraction of sp³-hybridized carbons (Fsp3) is 0.0909. The van der Waals surface area contributed by atoms with E-state index in [9.17, 15) is 19.8 Å². The van der Waals surface area contributed by atoms with Crippen LogP contribution in [0, 0.1) is 6.92 Å². The third-order valence-corrected chi connectivity index (χ3v) is 2.27. The van der Waals surface area contributed by atoms with Gasteiger partial charge < -0.3 is 14.6 Å². The van der Waals surface area contributed by atoms with Gasteiger partial charge in [-0.3, -0.25) is 9.59 Å². The maximum Gasteiger partial charge on any atom is 0.241 e. The zero-order valence-electron chi connectivity index (χ0n) is 8.27. The van der Waals surface area contributed by atoms with Crippen molar-refractivity contribution in [1.29, 1.82) is 0 Å². The number of rotatable bonds is 1. The molecule has 0 saturated carbocycles. The number of aryl methyl sites for hydroxylation is 1. The molecule has 1 aromatic heterocycles. The highest BCUT2D eigenvalue weighted by Crippen LogP contribution is 2.29. The van der Waals surface area contributed by atoms with E-state index >= 15 is 0 Å². The summed E-state index contributed by atoms with van der Waals surface area (Å²) >= 11 is 0. The van der Waals surface area contributed by atoms with E-state index in [1.54, 1.807) is 0 Å². The summed E-state index contributed by atoms with van der Waals surface area (Å²) in [6, 6.07) is 2.17. The Hall–Kier alpha value is -2.30. The average Bonchev–Trinajstić information content (AvgIpc) is 2.22. The fourth-order valence-corrected chi connectivity index (χ4v) is 1.45. The number of aromatic hydroxyl groups is 2. The summed E-state index contributed by atoms with van der Waals surface area (Å²) in [4.78, 5) is 22.3. The molecule has 0 aliphatic rings. The van der Waals surface area contributed by atoms with Gasteiger partial charge in [0.1, 0.15) is 16.9 Å². The van der Waals surface area contributed by atoms with E-state index in [2.05, 4.69) is 0 Å². The zero-order valence-corrected chi connectivity index (χ0v) is 8.27. The normalized spacial score (nSPS) is 10.6. The second-order valence-electron chi connectivity index (χ2n) is 3.30. The Morgan fingerprint density at radius 3 is 2.50 bits per heavy atom. The van der Waals surface area contributed by atoms with Gasteiger partial charge in [0.15, 0.2) is 11.5 Å². The number of phenols is 2. The van der Waals surface area contributed by atoms with Crippen molar-refractivity contribution in [1.82, 2.24) is 0 Å². The molecule has 0 spiro atoms. The zero-order chi connectivity index (χ0) is 11.9. The number of fused-ring (bicyclic) bond motifs is 1. The molecule has 0 fully saturated rings. The van der Waals surface area contributed by atoms with E-state index < -0.39 is 16.9 Å². The molecule has 0 atom stereocenters. The molecule has 0 unspecified atom stereocenters. The lowest BCUT2D eigenvalue weighted by atomic mass is 10.1. The summed E-state index contributed by atoms with van der Waals surface area (Å²) in [5.41, 5.74) is -0.682. The minimum Gasteiger partial charge on any atom is -0.504 e. The third-order valence-electron chi connectivity index (χ3n) is 2.27. The minimum absolute atomic E-state index is 0.0271. The van der Waals surface area contributed by atoms with E-state index in [0.29, 0.717) is 0 Å². The Morgan fingerprint density at radius 2 is 1.88 bits per heavy atom. The van der Waals surface area contributed by atoms with Gasteiger partial charge in [0, 0.05) is 6.07 Å². The second-order valence-corrected chi connectivity index (χ2v) is 3.30. The smallest absolute Gasteiger partial charge is 0.241 e. The second kappa shape index (κ2) is 3.37. The summed E-state index contributed by atoms with van der Waals surface area (Å²) in [6.45, 7) is 1.45. The van der Waals surface area contributed by atoms with Crippen LogP contribution >= 0.6 is 0 Å². The van der Waals surface area contributed by atoms with Gasteiger partial charge in [-0.1, -0.05) is 0 Å². The van der Waals surface area contributed by atoms with Crippen LogP contribution in [0.2, 0.25) is 0 Å². The van der Waals surface area contributed by atoms with E-state index in [4.69, 9.17) is 4.42 Å². The van der Waals surface area contributed by atoms with Crippen LogP contribution in [0.3, 0.4) is 0 Å². The summed E-state index contributed by atoms with van der Waals surface area (Å²) in [7, 11) is 0. The van der Waals surface area contributed by atoms with Crippen LogP contribution in [0.5, 0.6) is 11.5 Å². The molecule has 1 heterocycles. The highest BCUT2D eigenvalue weighted by atomic mass is 16.3. The molecule has 0 saturated heterocycles. The number of hydrogen-bond donors (Lipinski definition) is 2. The number of phenolic OH excluding ortho intramolecular Hbond substituents is 2. The molecule has 0 amide bonds. The highest BCUT2D eigenvalue weighted by Gasteiger charge is 2.13. The first-order chi connectivity index (χ1) is 7.54. The molecule has 0 bridgehead atoms. The Morgan fingerprint density at radius 1 is 1.25 bits per heavy atom. The van der Waals surface area contributed by atoms with E-state index in [1.807, 2.05) is 0 Å². The highest BCUT2D eigenvalue weighted by molar-refractivity contribution is 5.87. The van der Waals surface area contributed by atoms with Crippen LogP contribution < -0.4 is 5.43 Å². The van der Waals surface area contributed by atoms with E-state index in [1.165, 1.54) is 13.2 Å². The lowest BCUT2D eigenvalue weighted by Crippen LogP contribution is -2.10. The van der Waals surface area contributed by atoms with Crippen molar-refractivity contribution >= 4 is 17.3 Å². The first-order valence-electron chi connectivity index (χ1n) is 4.42. The summed E-state index contributed by atoms with van der Waals surface area (Å²) in [5, 5.41) is 18.5. The van der Waals surface area contributed by atoms with Crippen molar-refractivity contribution in [2.45, 2.75) is 6.92 Å². The fourth-order valence-electron chi connectivity index (χ4n) is 1.45. The first kappa shape index (κ1) is 10.2. The molecule has 2 rings (SSSR count). The molecule has 1 radical (unpaired) electrons. The largest absolute Gasteiger partial charge is 0.504 e. The van der Waals surface area contributed by atoms with Crippen LogP contribution in [0.15, 0.2) is 21.3 Å². The number of carbonyl (C=O) groups excluding carboxylic acids is 1. The number of benzene rings is 1. The molecular formula is C11H7O5. The predicted octanol–water partition coefficient (Wildman–Crippen LogP) is 0.970. The van der Waals surface area contributed by atoms with Crippen LogP contribution in [0.1, 0.15) is 11.3 Å². The molecule has 81 valence electrons. The molecule has 2 aromatic rings. The SMILES string of the molecule is Cc1oc2cc(O)c(O)cc2c(=O)c1[C]=O. The quantitative estimate of drug-likeness (QED) is 0.697. The molecule has 5 heteroatoms. The van der Waals surface area contributed by atoms with Crippen LogP contribution in [-0.4, -0.2) is 16.5 Å². The van der Waals surface area contributed by atoms with Gasteiger partial charge >= 0.3 is 0 Å². The van der Waals surface area contributed by atoms with Crippen molar-refractivity contribution in [3.63, 3.8) is 0 Å². The van der Waals surface area contributed by atoms with Gasteiger partial charge in [0.05, 0.1) is 5.39 Å². The van der Waals surface area contributed by atoms with Gasteiger partial charge in [0.25, 0.3) is 0 Å².